The summed E-state index contributed by atoms with van der Waals surface area (Å²) >= 11 is 0. The molecule has 88 valence electrons. The second kappa shape index (κ2) is 4.13. The molecule has 1 saturated carbocycles. The largest absolute Gasteiger partial charge is 0.493 e. The highest BCUT2D eigenvalue weighted by molar-refractivity contribution is 5.62. The van der Waals surface area contributed by atoms with E-state index >= 15 is 0 Å². The first kappa shape index (κ1) is 10.2. The van der Waals surface area contributed by atoms with Gasteiger partial charge >= 0.3 is 0 Å². The van der Waals surface area contributed by atoms with Crippen molar-refractivity contribution in [3.05, 3.63) is 30.3 Å². The normalized spacial score (nSPS) is 14.8. The first-order valence-corrected chi connectivity index (χ1v) is 5.77. The SMILES string of the molecule is Nc1cc(-c2cccc(OCC3CC3)c2)no1. The topological polar surface area (TPSA) is 61.3 Å². The van der Waals surface area contributed by atoms with Crippen molar-refractivity contribution in [3.8, 4) is 17.0 Å². The predicted octanol–water partition coefficient (Wildman–Crippen LogP) is 2.71. The highest BCUT2D eigenvalue weighted by Crippen LogP contribution is 2.30. The van der Waals surface area contributed by atoms with Gasteiger partial charge < -0.3 is 15.0 Å². The summed E-state index contributed by atoms with van der Waals surface area (Å²) in [7, 11) is 0. The van der Waals surface area contributed by atoms with E-state index in [9.17, 15) is 0 Å². The molecule has 1 fully saturated rings. The number of ether oxygens (including phenoxy) is 1. The zero-order valence-corrected chi connectivity index (χ0v) is 9.43. The standard InChI is InChI=1S/C13H14N2O2/c14-13-7-12(15-17-13)10-2-1-3-11(6-10)16-8-9-4-5-9/h1-3,6-7,9H,4-5,8,14H2. The third kappa shape index (κ3) is 2.41. The summed E-state index contributed by atoms with van der Waals surface area (Å²) in [5, 5.41) is 3.88. The Morgan fingerprint density at radius 2 is 2.24 bits per heavy atom. The molecule has 1 heterocycles. The van der Waals surface area contributed by atoms with Crippen molar-refractivity contribution in [2.45, 2.75) is 12.8 Å². The minimum Gasteiger partial charge on any atom is -0.493 e. The third-order valence-electron chi connectivity index (χ3n) is 2.84. The lowest BCUT2D eigenvalue weighted by atomic mass is 10.1. The van der Waals surface area contributed by atoms with Crippen LogP contribution in [0, 0.1) is 5.92 Å². The lowest BCUT2D eigenvalue weighted by Gasteiger charge is -2.05. The highest BCUT2D eigenvalue weighted by Gasteiger charge is 2.21. The molecule has 2 aromatic rings. The van der Waals surface area contributed by atoms with Crippen molar-refractivity contribution >= 4 is 5.88 Å². The summed E-state index contributed by atoms with van der Waals surface area (Å²) in [6, 6.07) is 9.53. The number of nitrogens with zero attached hydrogens (tertiary/aromatic N) is 1. The highest BCUT2D eigenvalue weighted by atomic mass is 16.5. The molecule has 0 amide bonds. The molecule has 2 N–H and O–H groups in total. The fourth-order valence-corrected chi connectivity index (χ4v) is 1.67. The summed E-state index contributed by atoms with van der Waals surface area (Å²) in [6.07, 6.45) is 2.58. The lowest BCUT2D eigenvalue weighted by Crippen LogP contribution is -1.98. The van der Waals surface area contributed by atoms with Crippen LogP contribution in [0.3, 0.4) is 0 Å². The molecule has 0 unspecified atom stereocenters. The lowest BCUT2D eigenvalue weighted by molar-refractivity contribution is 0.300. The number of hydrogen-bond acceptors (Lipinski definition) is 4. The van der Waals surface area contributed by atoms with E-state index in [0.717, 1.165) is 29.5 Å². The van der Waals surface area contributed by atoms with E-state index in [2.05, 4.69) is 5.16 Å². The van der Waals surface area contributed by atoms with Crippen molar-refractivity contribution in [2.24, 2.45) is 5.92 Å². The Hall–Kier alpha value is -1.97. The van der Waals surface area contributed by atoms with Crippen LogP contribution in [0.1, 0.15) is 12.8 Å². The number of benzene rings is 1. The summed E-state index contributed by atoms with van der Waals surface area (Å²) in [4.78, 5) is 0. The van der Waals surface area contributed by atoms with Gasteiger partial charge in [-0.05, 0) is 30.9 Å². The van der Waals surface area contributed by atoms with E-state index in [0.29, 0.717) is 5.88 Å². The zero-order valence-electron chi connectivity index (χ0n) is 9.43. The molecule has 1 aliphatic rings. The van der Waals surface area contributed by atoms with Gasteiger partial charge in [-0.25, -0.2) is 0 Å². The molecule has 3 rings (SSSR count). The molecule has 1 aromatic carbocycles. The summed E-state index contributed by atoms with van der Waals surface area (Å²) in [5.74, 6) is 1.95. The van der Waals surface area contributed by atoms with E-state index in [1.54, 1.807) is 6.07 Å². The van der Waals surface area contributed by atoms with Gasteiger partial charge in [0.05, 0.1) is 6.61 Å². The number of anilines is 1. The molecule has 4 nitrogen and oxygen atoms in total. The predicted molar refractivity (Wildman–Crippen MR) is 64.6 cm³/mol. The van der Waals surface area contributed by atoms with E-state index < -0.39 is 0 Å². The van der Waals surface area contributed by atoms with Gasteiger partial charge in [0.2, 0.25) is 5.88 Å². The monoisotopic (exact) mass is 230 g/mol. The van der Waals surface area contributed by atoms with Gasteiger partial charge in [-0.15, -0.1) is 0 Å². The molecular weight excluding hydrogens is 216 g/mol. The summed E-state index contributed by atoms with van der Waals surface area (Å²) < 4.78 is 10.6. The molecule has 0 atom stereocenters. The zero-order chi connectivity index (χ0) is 11.7. The maximum Gasteiger partial charge on any atom is 0.222 e. The third-order valence-corrected chi connectivity index (χ3v) is 2.84. The Morgan fingerprint density at radius 1 is 1.35 bits per heavy atom. The molecule has 0 radical (unpaired) electrons. The van der Waals surface area contributed by atoms with Gasteiger partial charge in [0.25, 0.3) is 0 Å². The maximum atomic E-state index is 5.71. The molecule has 0 bridgehead atoms. The van der Waals surface area contributed by atoms with Gasteiger partial charge in [-0.3, -0.25) is 0 Å². The van der Waals surface area contributed by atoms with Gasteiger partial charge in [0, 0.05) is 11.6 Å². The second-order valence-electron chi connectivity index (χ2n) is 4.40. The van der Waals surface area contributed by atoms with Crippen LogP contribution in [-0.4, -0.2) is 11.8 Å². The minimum atomic E-state index is 0.323. The number of aromatic nitrogens is 1. The van der Waals surface area contributed by atoms with Crippen LogP contribution < -0.4 is 10.5 Å². The number of rotatable bonds is 4. The van der Waals surface area contributed by atoms with Crippen molar-refractivity contribution in [3.63, 3.8) is 0 Å². The molecule has 1 aliphatic carbocycles. The maximum absolute atomic E-state index is 5.71. The molecular formula is C13H14N2O2. The Labute approximate surface area is 99.4 Å². The molecule has 17 heavy (non-hydrogen) atoms. The Bertz CT molecular complexity index is 518. The van der Waals surface area contributed by atoms with Crippen LogP contribution in [0.5, 0.6) is 5.75 Å². The van der Waals surface area contributed by atoms with Crippen molar-refractivity contribution < 1.29 is 9.26 Å². The molecule has 0 aliphatic heterocycles. The van der Waals surface area contributed by atoms with Gasteiger partial charge in [-0.1, -0.05) is 17.3 Å². The molecule has 0 saturated heterocycles. The van der Waals surface area contributed by atoms with Gasteiger partial charge in [0.15, 0.2) is 0 Å². The number of nitrogen functional groups attached to an aromatic ring is 1. The summed E-state index contributed by atoms with van der Waals surface area (Å²) in [5.41, 5.74) is 7.19. The smallest absolute Gasteiger partial charge is 0.222 e. The Kier molecular flexibility index (Phi) is 2.48. The van der Waals surface area contributed by atoms with Crippen molar-refractivity contribution in [2.75, 3.05) is 12.3 Å². The first-order valence-electron chi connectivity index (χ1n) is 5.77. The van der Waals surface area contributed by atoms with Gasteiger partial charge in [-0.2, -0.15) is 0 Å². The second-order valence-corrected chi connectivity index (χ2v) is 4.40. The molecule has 1 aromatic heterocycles. The quantitative estimate of drug-likeness (QED) is 0.877. The van der Waals surface area contributed by atoms with Crippen LogP contribution in [0.2, 0.25) is 0 Å². The van der Waals surface area contributed by atoms with Crippen molar-refractivity contribution in [1.29, 1.82) is 0 Å². The van der Waals surface area contributed by atoms with E-state index in [1.807, 2.05) is 24.3 Å². The summed E-state index contributed by atoms with van der Waals surface area (Å²) in [6.45, 7) is 0.810. The fraction of sp³-hybridized carbons (Fsp3) is 0.308. The number of hydrogen-bond donors (Lipinski definition) is 1. The number of nitrogens with two attached hydrogens (primary N) is 1. The van der Waals surface area contributed by atoms with Crippen LogP contribution in [0.15, 0.2) is 34.9 Å². The Morgan fingerprint density at radius 3 is 2.94 bits per heavy atom. The molecule has 4 heteroatoms. The van der Waals surface area contributed by atoms with Crippen LogP contribution in [0.4, 0.5) is 5.88 Å². The van der Waals surface area contributed by atoms with E-state index in [-0.39, 0.29) is 0 Å². The minimum absolute atomic E-state index is 0.323. The van der Waals surface area contributed by atoms with Crippen LogP contribution in [0.25, 0.3) is 11.3 Å². The first-order chi connectivity index (χ1) is 8.31. The van der Waals surface area contributed by atoms with E-state index in [4.69, 9.17) is 15.0 Å². The average Bonchev–Trinajstić information content (AvgIpc) is 3.08. The fourth-order valence-electron chi connectivity index (χ4n) is 1.67. The van der Waals surface area contributed by atoms with Gasteiger partial charge in [0.1, 0.15) is 11.4 Å². The molecule has 0 spiro atoms. The Balaban J connectivity index is 1.77. The van der Waals surface area contributed by atoms with Crippen LogP contribution >= 0.6 is 0 Å². The average molecular weight is 230 g/mol. The van der Waals surface area contributed by atoms with Crippen molar-refractivity contribution in [1.82, 2.24) is 5.16 Å². The van der Waals surface area contributed by atoms with Crippen LogP contribution in [-0.2, 0) is 0 Å². The van der Waals surface area contributed by atoms with E-state index in [1.165, 1.54) is 12.8 Å².